The fourth-order valence-corrected chi connectivity index (χ4v) is 5.06. The standard InChI is InChI=1S/C25H26ClF3N4O/c1-16-31-23(26)22-20(13-10-17-8-11-19(12-9-17)25(27,28)29)33(15-14-32(16)22)21(24(34)30-2)18-6-4-3-5-7-18/h3-9,11-12,20-21H,10,13-15H2,1-2H3,(H,30,34)/t20?,21-/m1/s1. The average molecular weight is 491 g/mol. The van der Waals surface area contributed by atoms with Gasteiger partial charge in [-0.05, 0) is 43.0 Å². The number of halogens is 4. The molecule has 0 aliphatic carbocycles. The van der Waals surface area contributed by atoms with Crippen LogP contribution in [0, 0.1) is 6.92 Å². The summed E-state index contributed by atoms with van der Waals surface area (Å²) in [6, 6.07) is 14.0. The van der Waals surface area contributed by atoms with Gasteiger partial charge in [0.05, 0.1) is 17.3 Å². The highest BCUT2D eigenvalue weighted by Crippen LogP contribution is 2.40. The monoisotopic (exact) mass is 490 g/mol. The normalized spacial score (nSPS) is 17.3. The van der Waals surface area contributed by atoms with Crippen molar-refractivity contribution in [1.29, 1.82) is 0 Å². The zero-order valence-corrected chi connectivity index (χ0v) is 19.7. The molecule has 2 atom stereocenters. The topological polar surface area (TPSA) is 50.2 Å². The molecule has 9 heteroatoms. The second kappa shape index (κ2) is 9.80. The molecule has 0 bridgehead atoms. The molecule has 1 unspecified atom stereocenters. The largest absolute Gasteiger partial charge is 0.416 e. The van der Waals surface area contributed by atoms with Crippen LogP contribution in [0.1, 0.15) is 46.7 Å². The summed E-state index contributed by atoms with van der Waals surface area (Å²) in [7, 11) is 1.61. The second-order valence-corrected chi connectivity index (χ2v) is 8.76. The zero-order chi connectivity index (χ0) is 24.5. The van der Waals surface area contributed by atoms with Gasteiger partial charge in [0.1, 0.15) is 11.9 Å². The van der Waals surface area contributed by atoms with Crippen LogP contribution in [-0.4, -0.2) is 34.0 Å². The van der Waals surface area contributed by atoms with E-state index in [0.29, 0.717) is 31.1 Å². The summed E-state index contributed by atoms with van der Waals surface area (Å²) in [6.45, 7) is 3.13. The third kappa shape index (κ3) is 4.83. The lowest BCUT2D eigenvalue weighted by atomic mass is 9.95. The number of nitrogens with zero attached hydrogens (tertiary/aromatic N) is 3. The summed E-state index contributed by atoms with van der Waals surface area (Å²) in [5.74, 6) is 0.668. The van der Waals surface area contributed by atoms with Gasteiger partial charge in [-0.1, -0.05) is 54.1 Å². The number of alkyl halides is 3. The van der Waals surface area contributed by atoms with Crippen LogP contribution in [0.3, 0.4) is 0 Å². The van der Waals surface area contributed by atoms with Crippen molar-refractivity contribution >= 4 is 17.5 Å². The molecule has 3 aromatic rings. The molecule has 1 aromatic heterocycles. The Morgan fingerprint density at radius 3 is 2.44 bits per heavy atom. The Labute approximate surface area is 201 Å². The first-order valence-corrected chi connectivity index (χ1v) is 11.5. The van der Waals surface area contributed by atoms with Crippen molar-refractivity contribution in [2.75, 3.05) is 13.6 Å². The number of aromatic nitrogens is 2. The number of benzene rings is 2. The lowest BCUT2D eigenvalue weighted by Crippen LogP contribution is -2.46. The number of likely N-dealkylation sites (N-methyl/N-ethyl adjacent to an activating group) is 1. The predicted molar refractivity (Wildman–Crippen MR) is 124 cm³/mol. The fourth-order valence-electron chi connectivity index (χ4n) is 4.71. The van der Waals surface area contributed by atoms with Crippen molar-refractivity contribution in [3.63, 3.8) is 0 Å². The molecule has 0 spiro atoms. The second-order valence-electron chi connectivity index (χ2n) is 8.40. The van der Waals surface area contributed by atoms with Crippen LogP contribution < -0.4 is 5.32 Å². The van der Waals surface area contributed by atoms with Crippen LogP contribution >= 0.6 is 11.6 Å². The molecule has 1 aliphatic rings. The Bertz CT molecular complexity index is 1150. The van der Waals surface area contributed by atoms with Gasteiger partial charge in [0, 0.05) is 20.1 Å². The highest BCUT2D eigenvalue weighted by Gasteiger charge is 2.39. The number of hydrogen-bond acceptors (Lipinski definition) is 3. The molecule has 1 N–H and O–H groups in total. The van der Waals surface area contributed by atoms with E-state index in [9.17, 15) is 18.0 Å². The Kier molecular flexibility index (Phi) is 7.00. The number of imidazole rings is 1. The summed E-state index contributed by atoms with van der Waals surface area (Å²) in [4.78, 5) is 19.6. The van der Waals surface area contributed by atoms with Crippen molar-refractivity contribution in [1.82, 2.24) is 19.8 Å². The van der Waals surface area contributed by atoms with E-state index in [1.165, 1.54) is 12.1 Å². The summed E-state index contributed by atoms with van der Waals surface area (Å²) in [6.07, 6.45) is -3.28. The molecular formula is C25H26ClF3N4O. The van der Waals surface area contributed by atoms with Crippen LogP contribution in [0.15, 0.2) is 54.6 Å². The minimum Gasteiger partial charge on any atom is -0.358 e. The SMILES string of the molecule is CNC(=O)[C@@H](c1ccccc1)N1CCn2c(C)nc(Cl)c2C1CCc1ccc(C(F)(F)F)cc1. The molecule has 2 aromatic carbocycles. The first-order valence-electron chi connectivity index (χ1n) is 11.1. The summed E-state index contributed by atoms with van der Waals surface area (Å²) in [5.41, 5.74) is 1.81. The third-order valence-corrected chi connectivity index (χ3v) is 6.66. The van der Waals surface area contributed by atoms with Gasteiger partial charge >= 0.3 is 6.18 Å². The summed E-state index contributed by atoms with van der Waals surface area (Å²) in [5, 5.41) is 3.17. The molecule has 1 aliphatic heterocycles. The number of carbonyl (C=O) groups is 1. The van der Waals surface area contributed by atoms with Gasteiger partial charge in [-0.2, -0.15) is 13.2 Å². The molecule has 2 heterocycles. The Morgan fingerprint density at radius 1 is 1.15 bits per heavy atom. The molecule has 1 amide bonds. The van der Waals surface area contributed by atoms with E-state index < -0.39 is 17.8 Å². The first kappa shape index (κ1) is 24.3. The van der Waals surface area contributed by atoms with Gasteiger partial charge in [0.2, 0.25) is 5.91 Å². The Hall–Kier alpha value is -2.84. The molecule has 34 heavy (non-hydrogen) atoms. The molecule has 0 saturated heterocycles. The van der Waals surface area contributed by atoms with E-state index in [4.69, 9.17) is 11.6 Å². The lowest BCUT2D eigenvalue weighted by molar-refractivity contribution is -0.137. The number of carbonyl (C=O) groups excluding carboxylic acids is 1. The molecule has 180 valence electrons. The molecule has 0 saturated carbocycles. The van der Waals surface area contributed by atoms with Crippen molar-refractivity contribution in [2.24, 2.45) is 0 Å². The number of aryl methyl sites for hydroxylation is 2. The van der Waals surface area contributed by atoms with Gasteiger partial charge < -0.3 is 9.88 Å². The number of fused-ring (bicyclic) bond motifs is 1. The predicted octanol–water partition coefficient (Wildman–Crippen LogP) is 5.34. The number of nitrogens with one attached hydrogen (secondary N) is 1. The lowest BCUT2D eigenvalue weighted by Gasteiger charge is -2.41. The molecule has 5 nitrogen and oxygen atoms in total. The summed E-state index contributed by atoms with van der Waals surface area (Å²) < 4.78 is 40.9. The van der Waals surface area contributed by atoms with Gasteiger partial charge in [-0.25, -0.2) is 4.98 Å². The highest BCUT2D eigenvalue weighted by atomic mass is 35.5. The number of rotatable bonds is 6. The maximum Gasteiger partial charge on any atom is 0.416 e. The van der Waals surface area contributed by atoms with Crippen molar-refractivity contribution in [2.45, 2.75) is 44.6 Å². The quantitative estimate of drug-likeness (QED) is 0.507. The first-order chi connectivity index (χ1) is 16.2. The smallest absolute Gasteiger partial charge is 0.358 e. The van der Waals surface area contributed by atoms with Crippen molar-refractivity contribution in [3.05, 3.63) is 88.0 Å². The molecule has 4 rings (SSSR count). The van der Waals surface area contributed by atoms with E-state index in [2.05, 4.69) is 19.8 Å². The van der Waals surface area contributed by atoms with Crippen molar-refractivity contribution < 1.29 is 18.0 Å². The van der Waals surface area contributed by atoms with Crippen LogP contribution in [0.25, 0.3) is 0 Å². The Balaban J connectivity index is 1.68. The number of hydrogen-bond donors (Lipinski definition) is 1. The molecule has 0 radical (unpaired) electrons. The van der Waals surface area contributed by atoms with E-state index >= 15 is 0 Å². The third-order valence-electron chi connectivity index (χ3n) is 6.38. The van der Waals surface area contributed by atoms with Crippen LogP contribution in [0.5, 0.6) is 0 Å². The average Bonchev–Trinajstić information content (AvgIpc) is 3.12. The molecular weight excluding hydrogens is 465 g/mol. The van der Waals surface area contributed by atoms with Gasteiger partial charge in [-0.15, -0.1) is 0 Å². The summed E-state index contributed by atoms with van der Waals surface area (Å²) >= 11 is 6.56. The van der Waals surface area contributed by atoms with E-state index in [0.717, 1.165) is 34.8 Å². The van der Waals surface area contributed by atoms with Crippen LogP contribution in [0.2, 0.25) is 5.15 Å². The van der Waals surface area contributed by atoms with Gasteiger partial charge in [0.25, 0.3) is 0 Å². The van der Waals surface area contributed by atoms with Crippen LogP contribution in [0.4, 0.5) is 13.2 Å². The van der Waals surface area contributed by atoms with Crippen LogP contribution in [-0.2, 0) is 23.9 Å². The Morgan fingerprint density at radius 2 is 1.82 bits per heavy atom. The maximum absolute atomic E-state index is 13.1. The van der Waals surface area contributed by atoms with Crippen molar-refractivity contribution in [3.8, 4) is 0 Å². The highest BCUT2D eigenvalue weighted by molar-refractivity contribution is 6.30. The minimum atomic E-state index is -4.37. The zero-order valence-electron chi connectivity index (χ0n) is 18.9. The van der Waals surface area contributed by atoms with E-state index in [1.807, 2.05) is 37.3 Å². The fraction of sp³-hybridized carbons (Fsp3) is 0.360. The van der Waals surface area contributed by atoms with Gasteiger partial charge in [-0.3, -0.25) is 9.69 Å². The number of amides is 1. The van der Waals surface area contributed by atoms with E-state index in [-0.39, 0.29) is 11.9 Å². The minimum absolute atomic E-state index is 0.133. The van der Waals surface area contributed by atoms with Gasteiger partial charge in [0.15, 0.2) is 5.15 Å². The molecule has 0 fully saturated rings. The van der Waals surface area contributed by atoms with E-state index in [1.54, 1.807) is 7.05 Å². The maximum atomic E-state index is 13.1.